The molecule has 0 bridgehead atoms. The quantitative estimate of drug-likeness (QED) is 0.747. The van der Waals surface area contributed by atoms with E-state index in [9.17, 15) is 5.11 Å². The first kappa shape index (κ1) is 17.1. The summed E-state index contributed by atoms with van der Waals surface area (Å²) in [5, 5.41) is 10.7. The summed E-state index contributed by atoms with van der Waals surface area (Å²) in [6, 6.07) is 4.37. The monoisotopic (exact) mass is 275 g/mol. The van der Waals surface area contributed by atoms with Gasteiger partial charge in [0, 0.05) is 5.92 Å². The van der Waals surface area contributed by atoms with Gasteiger partial charge in [-0.25, -0.2) is 0 Å². The highest BCUT2D eigenvalue weighted by Crippen LogP contribution is 2.41. The van der Waals surface area contributed by atoms with Crippen LogP contribution in [-0.2, 0) is 10.8 Å². The van der Waals surface area contributed by atoms with Gasteiger partial charge in [0.1, 0.15) is 5.75 Å². The Morgan fingerprint density at radius 3 is 1.45 bits per heavy atom. The average molecular weight is 275 g/mol. The number of hydrogen-bond acceptors (Lipinski definition) is 1. The van der Waals surface area contributed by atoms with Gasteiger partial charge in [-0.1, -0.05) is 67.5 Å². The predicted molar refractivity (Wildman–Crippen MR) is 88.4 cm³/mol. The molecule has 0 saturated carbocycles. The van der Waals surface area contributed by atoms with Crippen LogP contribution in [0.25, 0.3) is 0 Å². The smallest absolute Gasteiger partial charge is 0.123 e. The third kappa shape index (κ3) is 3.56. The molecule has 1 rings (SSSR count). The van der Waals surface area contributed by atoms with Crippen LogP contribution in [0.5, 0.6) is 5.75 Å². The maximum Gasteiger partial charge on any atom is 0.123 e. The zero-order chi connectivity index (χ0) is 15.7. The second kappa shape index (κ2) is 5.79. The molecule has 0 aliphatic rings. The van der Waals surface area contributed by atoms with E-state index in [4.69, 9.17) is 0 Å². The summed E-state index contributed by atoms with van der Waals surface area (Å²) in [5.74, 6) is 1.93. The van der Waals surface area contributed by atoms with E-state index in [0.717, 1.165) is 24.0 Å². The van der Waals surface area contributed by atoms with Crippen molar-refractivity contribution in [1.29, 1.82) is 0 Å². The number of phenolic OH excluding ortho intramolecular Hbond substituents is 1. The van der Waals surface area contributed by atoms with E-state index >= 15 is 0 Å². The molecular weight excluding hydrogens is 244 g/mol. The molecule has 0 aliphatic carbocycles. The Morgan fingerprint density at radius 2 is 1.20 bits per heavy atom. The number of aromatic hydroxyl groups is 1. The van der Waals surface area contributed by atoms with Gasteiger partial charge in [-0.2, -0.15) is 0 Å². The van der Waals surface area contributed by atoms with Crippen LogP contribution < -0.4 is 0 Å². The van der Waals surface area contributed by atoms with Gasteiger partial charge in [0.05, 0.1) is 0 Å². The normalized spacial score (nSPS) is 13.1. The van der Waals surface area contributed by atoms with Crippen molar-refractivity contribution in [2.75, 3.05) is 0 Å². The van der Waals surface area contributed by atoms with E-state index < -0.39 is 0 Å². The Morgan fingerprint density at radius 1 is 0.850 bits per heavy atom. The predicted octanol–water partition coefficient (Wildman–Crippen LogP) is 5.73. The fourth-order valence-electron chi connectivity index (χ4n) is 2.64. The minimum Gasteiger partial charge on any atom is -0.507 e. The van der Waals surface area contributed by atoms with Gasteiger partial charge in [0.15, 0.2) is 0 Å². The summed E-state index contributed by atoms with van der Waals surface area (Å²) in [6.45, 7) is 17.4. The highest BCUT2D eigenvalue weighted by atomic mass is 16.3. The second-order valence-corrected chi connectivity index (χ2v) is 7.73. The number of rotatable bonds is 3. The Balaban J connectivity index is 3.58. The number of phenols is 1. The molecule has 0 spiro atoms. The van der Waals surface area contributed by atoms with Crippen LogP contribution >= 0.6 is 0 Å². The average Bonchev–Trinajstić information content (AvgIpc) is 2.29. The van der Waals surface area contributed by atoms with Crippen molar-refractivity contribution in [2.24, 2.45) is 0 Å². The lowest BCUT2D eigenvalue weighted by molar-refractivity contribution is 0.422. The maximum absolute atomic E-state index is 10.7. The SMILES string of the molecule is CC[C](CC)c1cc(C(C)(C)C)c(O)c(C(C)(C)C)c1. The first-order chi connectivity index (χ1) is 9.02. The molecule has 1 aromatic rings. The molecule has 1 nitrogen and oxygen atoms in total. The number of hydrogen-bond donors (Lipinski definition) is 1. The van der Waals surface area contributed by atoms with E-state index in [1.807, 2.05) is 0 Å². The van der Waals surface area contributed by atoms with Crippen molar-refractivity contribution in [1.82, 2.24) is 0 Å². The summed E-state index contributed by atoms with van der Waals surface area (Å²) < 4.78 is 0. The Labute approximate surface area is 125 Å². The summed E-state index contributed by atoms with van der Waals surface area (Å²) in [6.07, 6.45) is 2.13. The highest BCUT2D eigenvalue weighted by molar-refractivity contribution is 5.52. The van der Waals surface area contributed by atoms with Crippen molar-refractivity contribution in [3.63, 3.8) is 0 Å². The first-order valence-electron chi connectivity index (χ1n) is 7.75. The Bertz CT molecular complexity index is 419. The van der Waals surface area contributed by atoms with E-state index in [0.29, 0.717) is 5.75 Å². The van der Waals surface area contributed by atoms with Gasteiger partial charge >= 0.3 is 0 Å². The molecule has 1 N–H and O–H groups in total. The van der Waals surface area contributed by atoms with Crippen molar-refractivity contribution in [3.8, 4) is 5.75 Å². The topological polar surface area (TPSA) is 20.2 Å². The molecule has 0 heterocycles. The van der Waals surface area contributed by atoms with Crippen LogP contribution in [0.4, 0.5) is 0 Å². The lowest BCUT2D eigenvalue weighted by Crippen LogP contribution is -2.18. The Hall–Kier alpha value is -0.980. The minimum atomic E-state index is -0.0489. The molecule has 0 aliphatic heterocycles. The standard InChI is InChI=1S/C19H31O/c1-9-13(10-2)14-11-15(18(3,4)5)17(20)16(12-14)19(6,7)8/h11-12,20H,9-10H2,1-8H3. The largest absolute Gasteiger partial charge is 0.507 e. The van der Waals surface area contributed by atoms with Gasteiger partial charge in [-0.15, -0.1) is 0 Å². The van der Waals surface area contributed by atoms with Crippen LogP contribution in [0, 0.1) is 5.92 Å². The molecule has 0 unspecified atom stereocenters. The molecule has 0 saturated heterocycles. The van der Waals surface area contributed by atoms with E-state index in [2.05, 4.69) is 67.5 Å². The van der Waals surface area contributed by atoms with Crippen molar-refractivity contribution in [2.45, 2.75) is 79.1 Å². The summed E-state index contributed by atoms with van der Waals surface area (Å²) in [4.78, 5) is 0. The molecule has 1 aromatic carbocycles. The first-order valence-corrected chi connectivity index (χ1v) is 7.75. The lowest BCUT2D eigenvalue weighted by atomic mass is 9.76. The van der Waals surface area contributed by atoms with Gasteiger partial charge in [0.2, 0.25) is 0 Å². The second-order valence-electron chi connectivity index (χ2n) is 7.73. The van der Waals surface area contributed by atoms with E-state index in [1.54, 1.807) is 0 Å². The molecule has 0 aromatic heterocycles. The van der Waals surface area contributed by atoms with Gasteiger partial charge in [-0.05, 0) is 40.4 Å². The van der Waals surface area contributed by atoms with Crippen LogP contribution in [-0.4, -0.2) is 5.11 Å². The highest BCUT2D eigenvalue weighted by Gasteiger charge is 2.27. The van der Waals surface area contributed by atoms with Gasteiger partial charge < -0.3 is 5.11 Å². The third-order valence-corrected chi connectivity index (χ3v) is 3.99. The van der Waals surface area contributed by atoms with E-state index in [-0.39, 0.29) is 10.8 Å². The third-order valence-electron chi connectivity index (χ3n) is 3.99. The van der Waals surface area contributed by atoms with Crippen LogP contribution in [0.1, 0.15) is 84.9 Å². The van der Waals surface area contributed by atoms with Crippen LogP contribution in [0.15, 0.2) is 12.1 Å². The minimum absolute atomic E-state index is 0.0489. The summed E-state index contributed by atoms with van der Waals surface area (Å²) in [7, 11) is 0. The van der Waals surface area contributed by atoms with Gasteiger partial charge in [-0.3, -0.25) is 0 Å². The molecular formula is C19H31O. The molecule has 113 valence electrons. The van der Waals surface area contributed by atoms with Crippen molar-refractivity contribution >= 4 is 0 Å². The fraction of sp³-hybridized carbons (Fsp3) is 0.632. The molecule has 0 atom stereocenters. The van der Waals surface area contributed by atoms with Crippen molar-refractivity contribution in [3.05, 3.63) is 34.7 Å². The fourth-order valence-corrected chi connectivity index (χ4v) is 2.64. The molecule has 1 heteroatoms. The van der Waals surface area contributed by atoms with E-state index in [1.165, 1.54) is 11.5 Å². The Kier molecular flexibility index (Phi) is 4.94. The number of benzene rings is 1. The maximum atomic E-state index is 10.7. The van der Waals surface area contributed by atoms with Gasteiger partial charge in [0.25, 0.3) is 0 Å². The molecule has 0 fully saturated rings. The zero-order valence-corrected chi connectivity index (χ0v) is 14.5. The molecule has 0 amide bonds. The lowest BCUT2D eigenvalue weighted by Gasteiger charge is -2.29. The summed E-state index contributed by atoms with van der Waals surface area (Å²) >= 11 is 0. The van der Waals surface area contributed by atoms with Crippen LogP contribution in [0.3, 0.4) is 0 Å². The molecule has 1 radical (unpaired) electrons. The zero-order valence-electron chi connectivity index (χ0n) is 14.5. The molecule has 20 heavy (non-hydrogen) atoms. The van der Waals surface area contributed by atoms with Crippen LogP contribution in [0.2, 0.25) is 0 Å². The summed E-state index contributed by atoms with van der Waals surface area (Å²) in [5.41, 5.74) is 3.31. The van der Waals surface area contributed by atoms with Crippen molar-refractivity contribution < 1.29 is 5.11 Å².